The summed E-state index contributed by atoms with van der Waals surface area (Å²) < 4.78 is 29.9. The molecule has 0 fully saturated rings. The van der Waals surface area contributed by atoms with Crippen LogP contribution < -0.4 is 0 Å². The van der Waals surface area contributed by atoms with E-state index in [1.165, 1.54) is 0 Å². The molecule has 4 heteroatoms. The smallest absolute Gasteiger partial charge is 0.258 e. The van der Waals surface area contributed by atoms with Gasteiger partial charge < -0.3 is 0 Å². The van der Waals surface area contributed by atoms with Crippen molar-refractivity contribution in [1.29, 1.82) is 0 Å². The molecule has 0 N–H and O–H groups in total. The van der Waals surface area contributed by atoms with Crippen molar-refractivity contribution in [2.24, 2.45) is 0 Å². The standard InChI is InChI=1S/C16H18O3S/c1-3-16(14-7-5-4-6-8-14)19-20(17,18)15-11-9-13(2)10-12-15/h4-12,16H,3H2,1-2H3/t16-/m0/s1. The molecule has 0 aliphatic carbocycles. The van der Waals surface area contributed by atoms with Gasteiger partial charge in [-0.05, 0) is 31.0 Å². The predicted molar refractivity (Wildman–Crippen MR) is 78.9 cm³/mol. The molecular weight excluding hydrogens is 272 g/mol. The first-order valence-corrected chi connectivity index (χ1v) is 7.98. The van der Waals surface area contributed by atoms with Crippen molar-refractivity contribution in [1.82, 2.24) is 0 Å². The first-order valence-electron chi connectivity index (χ1n) is 6.58. The van der Waals surface area contributed by atoms with Crippen LogP contribution in [0.25, 0.3) is 0 Å². The van der Waals surface area contributed by atoms with Crippen molar-refractivity contribution in [3.63, 3.8) is 0 Å². The largest absolute Gasteiger partial charge is 0.297 e. The molecule has 0 spiro atoms. The number of rotatable bonds is 5. The highest BCUT2D eigenvalue weighted by molar-refractivity contribution is 7.86. The van der Waals surface area contributed by atoms with Gasteiger partial charge in [0.15, 0.2) is 0 Å². The van der Waals surface area contributed by atoms with Crippen LogP contribution in [0.4, 0.5) is 0 Å². The van der Waals surface area contributed by atoms with Crippen LogP contribution in [-0.2, 0) is 14.3 Å². The molecule has 0 saturated carbocycles. The first kappa shape index (κ1) is 14.8. The zero-order valence-electron chi connectivity index (χ0n) is 11.6. The molecule has 0 unspecified atom stereocenters. The first-order chi connectivity index (χ1) is 9.53. The minimum Gasteiger partial charge on any atom is -0.258 e. The van der Waals surface area contributed by atoms with Crippen molar-refractivity contribution in [3.05, 3.63) is 65.7 Å². The van der Waals surface area contributed by atoms with E-state index in [9.17, 15) is 8.42 Å². The molecule has 20 heavy (non-hydrogen) atoms. The van der Waals surface area contributed by atoms with Crippen molar-refractivity contribution < 1.29 is 12.6 Å². The zero-order valence-corrected chi connectivity index (χ0v) is 12.4. The fourth-order valence-electron chi connectivity index (χ4n) is 1.94. The van der Waals surface area contributed by atoms with Gasteiger partial charge in [0, 0.05) is 0 Å². The Morgan fingerprint density at radius 2 is 1.60 bits per heavy atom. The maximum atomic E-state index is 12.3. The highest BCUT2D eigenvalue weighted by atomic mass is 32.2. The maximum absolute atomic E-state index is 12.3. The van der Waals surface area contributed by atoms with E-state index in [1.807, 2.05) is 44.2 Å². The normalized spacial score (nSPS) is 13.1. The average molecular weight is 290 g/mol. The van der Waals surface area contributed by atoms with E-state index < -0.39 is 16.2 Å². The lowest BCUT2D eigenvalue weighted by molar-refractivity contribution is 0.209. The molecule has 0 heterocycles. The zero-order chi connectivity index (χ0) is 14.6. The molecule has 0 aromatic heterocycles. The topological polar surface area (TPSA) is 43.4 Å². The summed E-state index contributed by atoms with van der Waals surface area (Å²) in [6.45, 7) is 3.82. The van der Waals surface area contributed by atoms with E-state index in [2.05, 4.69) is 0 Å². The Kier molecular flexibility index (Phi) is 4.57. The number of benzene rings is 2. The number of aryl methyl sites for hydroxylation is 1. The molecular formula is C16H18O3S. The summed E-state index contributed by atoms with van der Waals surface area (Å²) >= 11 is 0. The van der Waals surface area contributed by atoms with Crippen molar-refractivity contribution >= 4 is 10.1 Å². The second-order valence-electron chi connectivity index (χ2n) is 4.67. The van der Waals surface area contributed by atoms with Gasteiger partial charge in [0.1, 0.15) is 6.10 Å². The molecule has 0 amide bonds. The molecule has 1 atom stereocenters. The maximum Gasteiger partial charge on any atom is 0.297 e. The van der Waals surface area contributed by atoms with Gasteiger partial charge >= 0.3 is 0 Å². The quantitative estimate of drug-likeness (QED) is 0.785. The SMILES string of the molecule is CC[C@H](OS(=O)(=O)c1ccc(C)cc1)c1ccccc1. The fraction of sp³-hybridized carbons (Fsp3) is 0.250. The third-order valence-corrected chi connectivity index (χ3v) is 4.43. The average Bonchev–Trinajstić information content (AvgIpc) is 2.46. The summed E-state index contributed by atoms with van der Waals surface area (Å²) in [4.78, 5) is 0.192. The van der Waals surface area contributed by atoms with Gasteiger partial charge in [-0.2, -0.15) is 8.42 Å². The third kappa shape index (κ3) is 3.46. The fourth-order valence-corrected chi connectivity index (χ4v) is 3.07. The van der Waals surface area contributed by atoms with Crippen molar-refractivity contribution in [3.8, 4) is 0 Å². The molecule has 0 aliphatic rings. The highest BCUT2D eigenvalue weighted by Gasteiger charge is 2.21. The second-order valence-corrected chi connectivity index (χ2v) is 6.24. The lowest BCUT2D eigenvalue weighted by Gasteiger charge is -2.16. The Bertz CT molecular complexity index is 646. The van der Waals surface area contributed by atoms with E-state index >= 15 is 0 Å². The molecule has 3 nitrogen and oxygen atoms in total. The monoisotopic (exact) mass is 290 g/mol. The second kappa shape index (κ2) is 6.20. The van der Waals surface area contributed by atoms with Gasteiger partial charge in [0.2, 0.25) is 0 Å². The van der Waals surface area contributed by atoms with Crippen LogP contribution in [0.15, 0.2) is 59.5 Å². The van der Waals surface area contributed by atoms with Crippen LogP contribution in [0.5, 0.6) is 0 Å². The summed E-state index contributed by atoms with van der Waals surface area (Å²) in [7, 11) is -3.74. The van der Waals surface area contributed by atoms with E-state index in [0.29, 0.717) is 6.42 Å². The van der Waals surface area contributed by atoms with Crippen LogP contribution in [0.3, 0.4) is 0 Å². The van der Waals surface area contributed by atoms with E-state index in [0.717, 1.165) is 11.1 Å². The van der Waals surface area contributed by atoms with E-state index in [4.69, 9.17) is 4.18 Å². The molecule has 2 aromatic rings. The molecule has 0 radical (unpaired) electrons. The lowest BCUT2D eigenvalue weighted by atomic mass is 10.1. The Labute approximate surface area is 120 Å². The Morgan fingerprint density at radius 3 is 2.15 bits per heavy atom. The summed E-state index contributed by atoms with van der Waals surface area (Å²) in [5, 5.41) is 0. The van der Waals surface area contributed by atoms with Gasteiger partial charge in [0.25, 0.3) is 10.1 Å². The summed E-state index contributed by atoms with van der Waals surface area (Å²) in [5.74, 6) is 0. The van der Waals surface area contributed by atoms with Gasteiger partial charge in [0.05, 0.1) is 4.90 Å². The van der Waals surface area contributed by atoms with Crippen molar-refractivity contribution in [2.45, 2.75) is 31.3 Å². The number of hydrogen-bond donors (Lipinski definition) is 0. The molecule has 0 aliphatic heterocycles. The van der Waals surface area contributed by atoms with Crippen LogP contribution in [0, 0.1) is 6.92 Å². The molecule has 2 rings (SSSR count). The lowest BCUT2D eigenvalue weighted by Crippen LogP contribution is -2.12. The van der Waals surface area contributed by atoms with Crippen molar-refractivity contribution in [2.75, 3.05) is 0 Å². The van der Waals surface area contributed by atoms with Gasteiger partial charge in [-0.1, -0.05) is 55.0 Å². The minimum absolute atomic E-state index is 0.192. The van der Waals surface area contributed by atoms with Crippen LogP contribution >= 0.6 is 0 Å². The minimum atomic E-state index is -3.74. The Morgan fingerprint density at radius 1 is 1.00 bits per heavy atom. The molecule has 0 bridgehead atoms. The summed E-state index contributed by atoms with van der Waals surface area (Å²) in [6.07, 6.45) is 0.136. The van der Waals surface area contributed by atoms with E-state index in [1.54, 1.807) is 24.3 Å². The van der Waals surface area contributed by atoms with E-state index in [-0.39, 0.29) is 4.90 Å². The van der Waals surface area contributed by atoms with Gasteiger partial charge in [-0.15, -0.1) is 0 Å². The van der Waals surface area contributed by atoms with Gasteiger partial charge in [-0.25, -0.2) is 0 Å². The number of hydrogen-bond acceptors (Lipinski definition) is 3. The Hall–Kier alpha value is -1.65. The van der Waals surface area contributed by atoms with Crippen LogP contribution in [0.2, 0.25) is 0 Å². The Balaban J connectivity index is 2.24. The van der Waals surface area contributed by atoms with Crippen LogP contribution in [-0.4, -0.2) is 8.42 Å². The summed E-state index contributed by atoms with van der Waals surface area (Å²) in [6, 6.07) is 16.1. The predicted octanol–water partition coefficient (Wildman–Crippen LogP) is 3.85. The molecule has 106 valence electrons. The third-order valence-electron chi connectivity index (χ3n) is 3.09. The van der Waals surface area contributed by atoms with Crippen LogP contribution in [0.1, 0.15) is 30.6 Å². The molecule has 0 saturated heterocycles. The highest BCUT2D eigenvalue weighted by Crippen LogP contribution is 2.26. The van der Waals surface area contributed by atoms with Gasteiger partial charge in [-0.3, -0.25) is 4.18 Å². The molecule has 2 aromatic carbocycles. The summed E-state index contributed by atoms with van der Waals surface area (Å²) in [5.41, 5.74) is 1.88.